The monoisotopic (exact) mass is 379 g/mol. The minimum Gasteiger partial charge on any atom is -0.387 e. The number of phosphoric acid groups is 1. The number of carbonyl (C=O) groups is 1. The van der Waals surface area contributed by atoms with Crippen molar-refractivity contribution < 1.29 is 37.9 Å². The summed E-state index contributed by atoms with van der Waals surface area (Å²) in [6.07, 6.45) is -3.85. The minimum atomic E-state index is -3.78. The van der Waals surface area contributed by atoms with Gasteiger partial charge in [0.25, 0.3) is 5.91 Å². The summed E-state index contributed by atoms with van der Waals surface area (Å²) in [5.74, 6) is -0.386. The number of aliphatic hydroxyl groups is 2. The third-order valence-electron chi connectivity index (χ3n) is 3.39. The first-order chi connectivity index (χ1) is 11.8. The van der Waals surface area contributed by atoms with Crippen molar-refractivity contribution in [2.75, 3.05) is 19.8 Å². The summed E-state index contributed by atoms with van der Waals surface area (Å²) in [5.41, 5.74) is 0. The van der Waals surface area contributed by atoms with Crippen LogP contribution in [0.25, 0.3) is 0 Å². The highest BCUT2D eigenvalue weighted by atomic mass is 31.2. The zero-order valence-electron chi connectivity index (χ0n) is 13.9. The van der Waals surface area contributed by atoms with E-state index in [1.807, 2.05) is 0 Å². The van der Waals surface area contributed by atoms with Crippen LogP contribution in [0, 0.1) is 0 Å². The molecule has 1 fully saturated rings. The zero-order valence-corrected chi connectivity index (χ0v) is 14.8. The predicted molar refractivity (Wildman–Crippen MR) is 85.1 cm³/mol. The SMILES string of the molecule is C=C1NC(=O)C=NN1[C@@H]1O[C@H](COP(=O)(OCC)OCC)C(O)[C@@H]1O. The Labute approximate surface area is 144 Å². The molecule has 0 bridgehead atoms. The molecule has 25 heavy (non-hydrogen) atoms. The third-order valence-corrected chi connectivity index (χ3v) is 5.01. The molecule has 2 rings (SSSR count). The van der Waals surface area contributed by atoms with E-state index in [-0.39, 0.29) is 25.6 Å². The Kier molecular flexibility index (Phi) is 6.69. The zero-order chi connectivity index (χ0) is 18.6. The van der Waals surface area contributed by atoms with Gasteiger partial charge in [-0.25, -0.2) is 9.57 Å². The van der Waals surface area contributed by atoms with Crippen molar-refractivity contribution >= 4 is 19.9 Å². The van der Waals surface area contributed by atoms with Crippen LogP contribution in [0.4, 0.5) is 0 Å². The highest BCUT2D eigenvalue weighted by molar-refractivity contribution is 7.48. The van der Waals surface area contributed by atoms with Crippen molar-refractivity contribution in [2.45, 2.75) is 38.4 Å². The van der Waals surface area contributed by atoms with Crippen molar-refractivity contribution in [3.8, 4) is 0 Å². The molecule has 11 nitrogen and oxygen atoms in total. The molecular formula is C13H22N3O8P. The van der Waals surface area contributed by atoms with Gasteiger partial charge in [-0.15, -0.1) is 0 Å². The van der Waals surface area contributed by atoms with Crippen molar-refractivity contribution in [3.05, 3.63) is 12.4 Å². The molecule has 0 spiro atoms. The molecule has 0 saturated carbocycles. The number of amides is 1. The molecule has 1 unspecified atom stereocenters. The Morgan fingerprint density at radius 3 is 2.52 bits per heavy atom. The summed E-state index contributed by atoms with van der Waals surface area (Å²) in [4.78, 5) is 11.2. The maximum atomic E-state index is 12.3. The van der Waals surface area contributed by atoms with E-state index in [1.54, 1.807) is 13.8 Å². The van der Waals surface area contributed by atoms with Crippen LogP contribution in [0.5, 0.6) is 0 Å². The number of phosphoric ester groups is 1. The van der Waals surface area contributed by atoms with Gasteiger partial charge in [-0.2, -0.15) is 5.10 Å². The molecule has 2 heterocycles. The second kappa shape index (κ2) is 8.37. The Morgan fingerprint density at radius 2 is 1.96 bits per heavy atom. The van der Waals surface area contributed by atoms with E-state index in [4.69, 9.17) is 18.3 Å². The molecule has 4 atom stereocenters. The number of ether oxygens (including phenoxy) is 1. The number of hydrogen-bond acceptors (Lipinski definition) is 10. The normalized spacial score (nSPS) is 30.0. The van der Waals surface area contributed by atoms with Crippen molar-refractivity contribution in [3.63, 3.8) is 0 Å². The lowest BCUT2D eigenvalue weighted by Gasteiger charge is -2.30. The van der Waals surface area contributed by atoms with E-state index in [2.05, 4.69) is 17.0 Å². The molecule has 1 saturated heterocycles. The van der Waals surface area contributed by atoms with Crippen LogP contribution in [-0.4, -0.2) is 71.7 Å². The fraction of sp³-hybridized carbons (Fsp3) is 0.692. The Balaban J connectivity index is 2.02. The molecule has 0 aromatic rings. The summed E-state index contributed by atoms with van der Waals surface area (Å²) in [6, 6.07) is 0. The van der Waals surface area contributed by atoms with Gasteiger partial charge in [-0.3, -0.25) is 18.4 Å². The lowest BCUT2D eigenvalue weighted by atomic mass is 10.1. The standard InChI is InChI=1S/C13H22N3O8P/c1-4-21-25(20,22-5-2)23-7-9-11(18)12(19)13(24-9)16-8(3)15-10(17)6-14-16/h6,9,11-13,18-19H,3-5,7H2,1-2H3,(H,15,17)/t9-,11?,12+,13-/m1/s1. The Hall–Kier alpha value is -1.33. The average Bonchev–Trinajstić information content (AvgIpc) is 2.82. The first-order valence-corrected chi connectivity index (χ1v) is 9.15. The molecule has 2 aliphatic rings. The van der Waals surface area contributed by atoms with Crippen LogP contribution in [0.15, 0.2) is 17.5 Å². The molecule has 0 aromatic carbocycles. The highest BCUT2D eigenvalue weighted by Crippen LogP contribution is 2.49. The fourth-order valence-corrected chi connectivity index (χ4v) is 3.48. The van der Waals surface area contributed by atoms with Crippen molar-refractivity contribution in [2.24, 2.45) is 5.10 Å². The van der Waals surface area contributed by atoms with Gasteiger partial charge in [0, 0.05) is 0 Å². The quantitative estimate of drug-likeness (QED) is 0.477. The minimum absolute atomic E-state index is 0.0830. The summed E-state index contributed by atoms with van der Waals surface area (Å²) in [5, 5.41) is 27.6. The van der Waals surface area contributed by atoms with Gasteiger partial charge < -0.3 is 20.3 Å². The largest absolute Gasteiger partial charge is 0.474 e. The number of hydrazone groups is 1. The Morgan fingerprint density at radius 1 is 1.32 bits per heavy atom. The van der Waals surface area contributed by atoms with E-state index >= 15 is 0 Å². The summed E-state index contributed by atoms with van der Waals surface area (Å²) in [7, 11) is -3.78. The van der Waals surface area contributed by atoms with Crippen LogP contribution >= 0.6 is 7.82 Å². The van der Waals surface area contributed by atoms with Gasteiger partial charge in [-0.1, -0.05) is 6.58 Å². The molecule has 0 aliphatic carbocycles. The van der Waals surface area contributed by atoms with Gasteiger partial charge in [0.1, 0.15) is 30.3 Å². The van der Waals surface area contributed by atoms with Gasteiger partial charge >= 0.3 is 7.82 Å². The molecule has 2 aliphatic heterocycles. The van der Waals surface area contributed by atoms with Crippen LogP contribution in [-0.2, 0) is 27.7 Å². The number of hydrogen-bond donors (Lipinski definition) is 3. The van der Waals surface area contributed by atoms with E-state index in [0.717, 1.165) is 11.2 Å². The number of nitrogens with one attached hydrogen (secondary N) is 1. The molecule has 1 amide bonds. The molecule has 0 radical (unpaired) electrons. The van der Waals surface area contributed by atoms with Crippen molar-refractivity contribution in [1.29, 1.82) is 0 Å². The van der Waals surface area contributed by atoms with Crippen LogP contribution in [0.1, 0.15) is 13.8 Å². The topological polar surface area (TPSA) is 139 Å². The molecule has 0 aromatic heterocycles. The summed E-state index contributed by atoms with van der Waals surface area (Å²) in [6.45, 7) is 6.73. The molecule has 3 N–H and O–H groups in total. The number of rotatable bonds is 8. The highest BCUT2D eigenvalue weighted by Gasteiger charge is 2.47. The van der Waals surface area contributed by atoms with Gasteiger partial charge in [-0.05, 0) is 13.8 Å². The van der Waals surface area contributed by atoms with E-state index in [9.17, 15) is 19.6 Å². The smallest absolute Gasteiger partial charge is 0.387 e. The predicted octanol–water partition coefficient (Wildman–Crippen LogP) is -0.480. The third kappa shape index (κ3) is 4.64. The van der Waals surface area contributed by atoms with Gasteiger partial charge in [0.05, 0.1) is 19.8 Å². The second-order valence-electron chi connectivity index (χ2n) is 5.15. The average molecular weight is 379 g/mol. The lowest BCUT2D eigenvalue weighted by molar-refractivity contribution is -0.118. The van der Waals surface area contributed by atoms with Crippen molar-refractivity contribution in [1.82, 2.24) is 10.3 Å². The number of carbonyl (C=O) groups excluding carboxylic acids is 1. The first kappa shape index (κ1) is 20.0. The first-order valence-electron chi connectivity index (χ1n) is 7.69. The number of nitrogens with zero attached hydrogens (tertiary/aromatic N) is 2. The second-order valence-corrected chi connectivity index (χ2v) is 6.82. The number of aliphatic hydroxyl groups excluding tert-OH is 2. The lowest BCUT2D eigenvalue weighted by Crippen LogP contribution is -2.47. The maximum absolute atomic E-state index is 12.3. The molecule has 142 valence electrons. The van der Waals surface area contributed by atoms with Gasteiger partial charge in [0.15, 0.2) is 6.23 Å². The Bertz CT molecular complexity index is 576. The summed E-state index contributed by atoms with van der Waals surface area (Å²) >= 11 is 0. The molecular weight excluding hydrogens is 357 g/mol. The molecule has 12 heteroatoms. The van der Waals surface area contributed by atoms with Crippen LogP contribution in [0.2, 0.25) is 0 Å². The summed E-state index contributed by atoms with van der Waals surface area (Å²) < 4.78 is 32.9. The van der Waals surface area contributed by atoms with E-state index < -0.39 is 38.3 Å². The maximum Gasteiger partial charge on any atom is 0.474 e. The van der Waals surface area contributed by atoms with Gasteiger partial charge in [0.2, 0.25) is 0 Å². The van der Waals surface area contributed by atoms with E-state index in [0.29, 0.717) is 0 Å². The fourth-order valence-electron chi connectivity index (χ4n) is 2.30. The van der Waals surface area contributed by atoms with E-state index in [1.165, 1.54) is 0 Å². The van der Waals surface area contributed by atoms with Crippen LogP contribution in [0.3, 0.4) is 0 Å². The van der Waals surface area contributed by atoms with Crippen LogP contribution < -0.4 is 5.32 Å².